The van der Waals surface area contributed by atoms with Crippen molar-refractivity contribution in [1.82, 2.24) is 9.97 Å². The van der Waals surface area contributed by atoms with Gasteiger partial charge in [-0.25, -0.2) is 4.98 Å². The number of aromatic amines is 1. The van der Waals surface area contributed by atoms with Gasteiger partial charge < -0.3 is 10.1 Å². The highest BCUT2D eigenvalue weighted by Gasteiger charge is 2.18. The van der Waals surface area contributed by atoms with E-state index in [0.29, 0.717) is 0 Å². The van der Waals surface area contributed by atoms with Crippen molar-refractivity contribution in [2.45, 2.75) is 19.4 Å². The molecule has 0 amide bonds. The lowest BCUT2D eigenvalue weighted by molar-refractivity contribution is 0.0801. The van der Waals surface area contributed by atoms with E-state index in [4.69, 9.17) is 0 Å². The Balaban J connectivity index is 2.75. The number of hydrogen-bond donors (Lipinski definition) is 2. The van der Waals surface area contributed by atoms with Gasteiger partial charge in [-0.3, -0.25) is 0 Å². The van der Waals surface area contributed by atoms with Crippen molar-refractivity contribution in [2.75, 3.05) is 0 Å². The first-order valence-electron chi connectivity index (χ1n) is 4.24. The van der Waals surface area contributed by atoms with Crippen LogP contribution in [0.25, 0.3) is 11.0 Å². The van der Waals surface area contributed by atoms with Crippen LogP contribution in [0.2, 0.25) is 0 Å². The number of nitrogens with one attached hydrogen (secondary N) is 1. The number of hydrogen-bond acceptors (Lipinski definition) is 2. The zero-order valence-electron chi connectivity index (χ0n) is 7.70. The highest BCUT2D eigenvalue weighted by atomic mass is 16.3. The van der Waals surface area contributed by atoms with Gasteiger partial charge in [-0.15, -0.1) is 0 Å². The van der Waals surface area contributed by atoms with Crippen LogP contribution < -0.4 is 0 Å². The van der Waals surface area contributed by atoms with E-state index in [2.05, 4.69) is 9.97 Å². The second kappa shape index (κ2) is 2.57. The molecule has 0 aromatic carbocycles. The molecule has 0 unspecified atom stereocenters. The second-order valence-electron chi connectivity index (χ2n) is 3.66. The summed E-state index contributed by atoms with van der Waals surface area (Å²) in [4.78, 5) is 7.16. The Bertz CT molecular complexity index is 426. The smallest absolute Gasteiger partial charge is 0.137 e. The van der Waals surface area contributed by atoms with E-state index < -0.39 is 5.60 Å². The Morgan fingerprint density at radius 3 is 2.85 bits per heavy atom. The number of H-pyrrole nitrogens is 1. The zero-order chi connectivity index (χ0) is 9.47. The fraction of sp³-hybridized carbons (Fsp3) is 0.300. The molecule has 2 heterocycles. The fourth-order valence-electron chi connectivity index (χ4n) is 1.49. The molecular weight excluding hydrogens is 164 g/mol. The first-order valence-corrected chi connectivity index (χ1v) is 4.24. The molecule has 0 saturated carbocycles. The molecule has 0 atom stereocenters. The maximum absolute atomic E-state index is 9.86. The van der Waals surface area contributed by atoms with Gasteiger partial charge in [0.25, 0.3) is 0 Å². The first-order chi connectivity index (χ1) is 6.09. The van der Waals surface area contributed by atoms with Crippen LogP contribution in [0.1, 0.15) is 19.4 Å². The predicted molar refractivity (Wildman–Crippen MR) is 51.3 cm³/mol. The predicted octanol–water partition coefficient (Wildman–Crippen LogP) is 1.79. The Labute approximate surface area is 76.4 Å². The van der Waals surface area contributed by atoms with Gasteiger partial charge >= 0.3 is 0 Å². The van der Waals surface area contributed by atoms with Crippen LogP contribution in [0.15, 0.2) is 24.5 Å². The van der Waals surface area contributed by atoms with Crippen LogP contribution in [0.5, 0.6) is 0 Å². The molecular formula is C10H12N2O. The monoisotopic (exact) mass is 176 g/mol. The van der Waals surface area contributed by atoms with E-state index in [0.717, 1.165) is 16.6 Å². The Hall–Kier alpha value is -1.35. The van der Waals surface area contributed by atoms with Gasteiger partial charge in [0, 0.05) is 17.8 Å². The lowest BCUT2D eigenvalue weighted by atomic mass is 9.97. The summed E-state index contributed by atoms with van der Waals surface area (Å²) < 4.78 is 0. The molecule has 2 aromatic rings. The second-order valence-corrected chi connectivity index (χ2v) is 3.66. The van der Waals surface area contributed by atoms with E-state index in [9.17, 15) is 5.11 Å². The molecule has 0 spiro atoms. The number of pyridine rings is 1. The molecule has 0 aliphatic carbocycles. The largest absolute Gasteiger partial charge is 0.386 e. The minimum Gasteiger partial charge on any atom is -0.386 e. The summed E-state index contributed by atoms with van der Waals surface area (Å²) in [6, 6.07) is 3.77. The molecule has 2 N–H and O–H groups in total. The molecule has 3 heteroatoms. The van der Waals surface area contributed by atoms with Crippen molar-refractivity contribution in [1.29, 1.82) is 0 Å². The van der Waals surface area contributed by atoms with E-state index in [1.54, 1.807) is 20.0 Å². The summed E-state index contributed by atoms with van der Waals surface area (Å²) in [5.74, 6) is 0. The topological polar surface area (TPSA) is 48.9 Å². The van der Waals surface area contributed by atoms with Crippen LogP contribution in [-0.2, 0) is 5.60 Å². The van der Waals surface area contributed by atoms with Crippen LogP contribution in [0.3, 0.4) is 0 Å². The average Bonchev–Trinajstić information content (AvgIpc) is 2.48. The van der Waals surface area contributed by atoms with E-state index in [-0.39, 0.29) is 0 Å². The van der Waals surface area contributed by atoms with Gasteiger partial charge in [0.05, 0.1) is 5.60 Å². The fourth-order valence-corrected chi connectivity index (χ4v) is 1.49. The molecule has 0 aliphatic rings. The Morgan fingerprint density at radius 2 is 2.15 bits per heavy atom. The molecule has 2 rings (SSSR count). The third kappa shape index (κ3) is 1.31. The van der Waals surface area contributed by atoms with Crippen LogP contribution in [0.4, 0.5) is 0 Å². The summed E-state index contributed by atoms with van der Waals surface area (Å²) in [7, 11) is 0. The molecule has 0 aliphatic heterocycles. The molecule has 68 valence electrons. The minimum absolute atomic E-state index is 0.816. The summed E-state index contributed by atoms with van der Waals surface area (Å²) in [6.07, 6.45) is 3.53. The van der Waals surface area contributed by atoms with Gasteiger partial charge in [0.1, 0.15) is 5.65 Å². The molecule has 2 aromatic heterocycles. The normalized spacial score (nSPS) is 12.2. The number of aromatic nitrogens is 2. The number of fused-ring (bicyclic) bond motifs is 1. The van der Waals surface area contributed by atoms with Crippen molar-refractivity contribution < 1.29 is 5.11 Å². The number of nitrogens with zero attached hydrogens (tertiary/aromatic N) is 1. The highest BCUT2D eigenvalue weighted by Crippen LogP contribution is 2.26. The van der Waals surface area contributed by atoms with Crippen LogP contribution in [0, 0.1) is 0 Å². The molecule has 0 radical (unpaired) electrons. The van der Waals surface area contributed by atoms with E-state index in [1.807, 2.05) is 18.3 Å². The van der Waals surface area contributed by atoms with E-state index >= 15 is 0 Å². The summed E-state index contributed by atoms with van der Waals surface area (Å²) in [5, 5.41) is 10.8. The van der Waals surface area contributed by atoms with Crippen molar-refractivity contribution >= 4 is 11.0 Å². The summed E-state index contributed by atoms with van der Waals surface area (Å²) >= 11 is 0. The molecule has 0 bridgehead atoms. The maximum Gasteiger partial charge on any atom is 0.137 e. The standard InChI is InChI=1S/C10H12N2O/c1-10(2,13)8-4-6-12-9-7(8)3-5-11-9/h3-6,13H,1-2H3,(H,11,12). The number of rotatable bonds is 1. The van der Waals surface area contributed by atoms with Gasteiger partial charge in [0.15, 0.2) is 0 Å². The van der Waals surface area contributed by atoms with Gasteiger partial charge in [-0.05, 0) is 31.5 Å². The third-order valence-electron chi connectivity index (χ3n) is 2.12. The first kappa shape index (κ1) is 8.26. The molecule has 13 heavy (non-hydrogen) atoms. The Morgan fingerprint density at radius 1 is 1.38 bits per heavy atom. The number of aliphatic hydroxyl groups is 1. The highest BCUT2D eigenvalue weighted by molar-refractivity contribution is 5.79. The quantitative estimate of drug-likeness (QED) is 0.696. The summed E-state index contributed by atoms with van der Waals surface area (Å²) in [6.45, 7) is 3.55. The van der Waals surface area contributed by atoms with Crippen molar-refractivity contribution in [3.8, 4) is 0 Å². The van der Waals surface area contributed by atoms with Crippen LogP contribution in [-0.4, -0.2) is 15.1 Å². The Kier molecular flexibility index (Phi) is 1.63. The van der Waals surface area contributed by atoms with Crippen molar-refractivity contribution in [3.63, 3.8) is 0 Å². The molecule has 0 fully saturated rings. The summed E-state index contributed by atoms with van der Waals surface area (Å²) in [5.41, 5.74) is 0.905. The maximum atomic E-state index is 9.86. The lowest BCUT2D eigenvalue weighted by Crippen LogP contribution is -2.15. The third-order valence-corrected chi connectivity index (χ3v) is 2.12. The van der Waals surface area contributed by atoms with Crippen molar-refractivity contribution in [3.05, 3.63) is 30.1 Å². The molecule has 0 saturated heterocycles. The zero-order valence-corrected chi connectivity index (χ0v) is 7.70. The molecule has 3 nitrogen and oxygen atoms in total. The van der Waals surface area contributed by atoms with E-state index in [1.165, 1.54) is 0 Å². The SMILES string of the molecule is CC(C)(O)c1ccnc2[nH]ccc12. The minimum atomic E-state index is -0.816. The van der Waals surface area contributed by atoms with Gasteiger partial charge in [0.2, 0.25) is 0 Å². The van der Waals surface area contributed by atoms with Gasteiger partial charge in [-0.2, -0.15) is 0 Å². The lowest BCUT2D eigenvalue weighted by Gasteiger charge is -2.18. The van der Waals surface area contributed by atoms with Crippen LogP contribution >= 0.6 is 0 Å². The van der Waals surface area contributed by atoms with Crippen molar-refractivity contribution in [2.24, 2.45) is 0 Å². The average molecular weight is 176 g/mol. The van der Waals surface area contributed by atoms with Gasteiger partial charge in [-0.1, -0.05) is 0 Å².